The molecule has 8 heteroatoms. The van der Waals surface area contributed by atoms with E-state index in [1.807, 2.05) is 18.2 Å². The topological polar surface area (TPSA) is 80.3 Å². The van der Waals surface area contributed by atoms with Crippen molar-refractivity contribution in [2.75, 3.05) is 0 Å². The summed E-state index contributed by atoms with van der Waals surface area (Å²) in [4.78, 5) is 17.4. The van der Waals surface area contributed by atoms with Crippen LogP contribution in [0.5, 0.6) is 5.75 Å². The standard InChI is InChI=1S/C24H16BrClN4O2/c1-15-29-22-8-6-19(25)11-21(22)24(31)30(15)28-13-18-10-20(26)7-9-23(18)32-14-17-5-3-2-4-16(17)12-27/h2-11,13H,14H2,1H3. The van der Waals surface area contributed by atoms with Crippen molar-refractivity contribution in [2.45, 2.75) is 13.5 Å². The van der Waals surface area contributed by atoms with Gasteiger partial charge in [-0.25, -0.2) is 4.98 Å². The first-order valence-electron chi connectivity index (χ1n) is 9.60. The number of hydrogen-bond donors (Lipinski definition) is 0. The van der Waals surface area contributed by atoms with E-state index in [4.69, 9.17) is 16.3 Å². The van der Waals surface area contributed by atoms with Gasteiger partial charge in [-0.1, -0.05) is 45.7 Å². The van der Waals surface area contributed by atoms with E-state index < -0.39 is 0 Å². The first kappa shape index (κ1) is 21.8. The Morgan fingerprint density at radius 3 is 2.84 bits per heavy atom. The SMILES string of the molecule is Cc1nc2ccc(Br)cc2c(=O)n1N=Cc1cc(Cl)ccc1OCc1ccccc1C#N. The maximum atomic E-state index is 13.0. The molecule has 0 atom stereocenters. The van der Waals surface area contributed by atoms with Crippen LogP contribution in [0, 0.1) is 18.3 Å². The van der Waals surface area contributed by atoms with Crippen molar-refractivity contribution >= 4 is 44.6 Å². The number of benzene rings is 3. The molecule has 4 aromatic rings. The molecule has 0 aliphatic heterocycles. The Bertz CT molecular complexity index is 1460. The lowest BCUT2D eigenvalue weighted by Gasteiger charge is -2.11. The number of aromatic nitrogens is 2. The van der Waals surface area contributed by atoms with Gasteiger partial charge in [0.1, 0.15) is 18.2 Å². The summed E-state index contributed by atoms with van der Waals surface area (Å²) in [6, 6.07) is 19.9. The summed E-state index contributed by atoms with van der Waals surface area (Å²) in [5, 5.41) is 14.6. The van der Waals surface area contributed by atoms with Gasteiger partial charge in [0.05, 0.1) is 28.8 Å². The fourth-order valence-corrected chi connectivity index (χ4v) is 3.72. The van der Waals surface area contributed by atoms with E-state index in [1.54, 1.807) is 49.4 Å². The highest BCUT2D eigenvalue weighted by Crippen LogP contribution is 2.23. The van der Waals surface area contributed by atoms with E-state index in [9.17, 15) is 10.1 Å². The molecule has 0 fully saturated rings. The number of hydrogen-bond acceptors (Lipinski definition) is 5. The minimum absolute atomic E-state index is 0.205. The molecule has 158 valence electrons. The van der Waals surface area contributed by atoms with Crippen molar-refractivity contribution < 1.29 is 4.74 Å². The average molecular weight is 508 g/mol. The molecule has 0 unspecified atom stereocenters. The lowest BCUT2D eigenvalue weighted by atomic mass is 10.1. The summed E-state index contributed by atoms with van der Waals surface area (Å²) in [5.41, 5.74) is 2.23. The third kappa shape index (κ3) is 4.57. The van der Waals surface area contributed by atoms with Crippen molar-refractivity contribution in [1.29, 1.82) is 5.26 Å². The van der Waals surface area contributed by atoms with Crippen molar-refractivity contribution in [3.05, 3.63) is 103 Å². The monoisotopic (exact) mass is 506 g/mol. The van der Waals surface area contributed by atoms with Gasteiger partial charge < -0.3 is 4.74 Å². The highest BCUT2D eigenvalue weighted by molar-refractivity contribution is 9.10. The molecule has 0 saturated carbocycles. The van der Waals surface area contributed by atoms with E-state index in [0.717, 1.165) is 10.0 Å². The third-order valence-corrected chi connectivity index (χ3v) is 5.50. The van der Waals surface area contributed by atoms with Crippen LogP contribution in [0.3, 0.4) is 0 Å². The molecule has 0 aliphatic carbocycles. The molecule has 3 aromatic carbocycles. The Kier molecular flexibility index (Phi) is 6.35. The molecule has 0 aliphatic rings. The minimum atomic E-state index is -0.280. The van der Waals surface area contributed by atoms with Crippen LogP contribution in [-0.2, 0) is 6.61 Å². The number of halogens is 2. The maximum Gasteiger partial charge on any atom is 0.282 e. The van der Waals surface area contributed by atoms with E-state index >= 15 is 0 Å². The van der Waals surface area contributed by atoms with Gasteiger partial charge in [0.2, 0.25) is 0 Å². The zero-order valence-electron chi connectivity index (χ0n) is 16.9. The zero-order chi connectivity index (χ0) is 22.7. The molecular weight excluding hydrogens is 492 g/mol. The third-order valence-electron chi connectivity index (χ3n) is 4.78. The van der Waals surface area contributed by atoms with Crippen LogP contribution in [0.1, 0.15) is 22.5 Å². The van der Waals surface area contributed by atoms with Crippen LogP contribution in [-0.4, -0.2) is 15.9 Å². The van der Waals surface area contributed by atoms with E-state index in [-0.39, 0.29) is 12.2 Å². The van der Waals surface area contributed by atoms with Crippen molar-refractivity contribution in [3.8, 4) is 11.8 Å². The predicted molar refractivity (Wildman–Crippen MR) is 128 cm³/mol. The second-order valence-corrected chi connectivity index (χ2v) is 8.27. The largest absolute Gasteiger partial charge is 0.488 e. The number of aryl methyl sites for hydroxylation is 1. The minimum Gasteiger partial charge on any atom is -0.488 e. The molecule has 0 amide bonds. The second kappa shape index (κ2) is 9.35. The summed E-state index contributed by atoms with van der Waals surface area (Å²) in [6.45, 7) is 1.92. The Balaban J connectivity index is 1.69. The molecule has 1 aromatic heterocycles. The second-order valence-electron chi connectivity index (χ2n) is 6.92. The summed E-state index contributed by atoms with van der Waals surface area (Å²) in [7, 11) is 0. The Morgan fingerprint density at radius 2 is 2.03 bits per heavy atom. The van der Waals surface area contributed by atoms with E-state index in [0.29, 0.717) is 38.6 Å². The summed E-state index contributed by atoms with van der Waals surface area (Å²) in [5.74, 6) is 0.974. The maximum absolute atomic E-state index is 13.0. The fourth-order valence-electron chi connectivity index (χ4n) is 3.18. The number of rotatable bonds is 5. The van der Waals surface area contributed by atoms with Gasteiger partial charge in [-0.2, -0.15) is 15.0 Å². The van der Waals surface area contributed by atoms with Gasteiger partial charge in [0.25, 0.3) is 5.56 Å². The van der Waals surface area contributed by atoms with Gasteiger partial charge in [-0.05, 0) is 49.4 Å². The molecule has 0 bridgehead atoms. The number of fused-ring (bicyclic) bond motifs is 1. The molecule has 32 heavy (non-hydrogen) atoms. The van der Waals surface area contributed by atoms with Crippen LogP contribution >= 0.6 is 27.5 Å². The lowest BCUT2D eigenvalue weighted by Crippen LogP contribution is -2.20. The van der Waals surface area contributed by atoms with E-state index in [1.165, 1.54) is 10.9 Å². The number of nitrogens with zero attached hydrogens (tertiary/aromatic N) is 4. The number of ether oxygens (including phenoxy) is 1. The summed E-state index contributed by atoms with van der Waals surface area (Å²) < 4.78 is 7.97. The first-order chi connectivity index (χ1) is 15.5. The van der Waals surface area contributed by atoms with Gasteiger partial charge in [0, 0.05) is 20.6 Å². The smallest absolute Gasteiger partial charge is 0.282 e. The molecule has 6 nitrogen and oxygen atoms in total. The molecule has 0 N–H and O–H groups in total. The van der Waals surface area contributed by atoms with Crippen LogP contribution in [0.4, 0.5) is 0 Å². The highest BCUT2D eigenvalue weighted by Gasteiger charge is 2.10. The van der Waals surface area contributed by atoms with Crippen molar-refractivity contribution in [3.63, 3.8) is 0 Å². The molecule has 1 heterocycles. The van der Waals surface area contributed by atoms with Gasteiger partial charge in [-0.15, -0.1) is 0 Å². The summed E-state index contributed by atoms with van der Waals surface area (Å²) in [6.07, 6.45) is 1.51. The van der Waals surface area contributed by atoms with Crippen LogP contribution < -0.4 is 10.3 Å². The van der Waals surface area contributed by atoms with Crippen molar-refractivity contribution in [1.82, 2.24) is 9.66 Å². The first-order valence-corrected chi connectivity index (χ1v) is 10.8. The quantitative estimate of drug-likeness (QED) is 0.336. The van der Waals surface area contributed by atoms with E-state index in [2.05, 4.69) is 32.1 Å². The highest BCUT2D eigenvalue weighted by atomic mass is 79.9. The Morgan fingerprint density at radius 1 is 1.22 bits per heavy atom. The van der Waals surface area contributed by atoms with Gasteiger partial charge in [-0.3, -0.25) is 4.79 Å². The fraction of sp³-hybridized carbons (Fsp3) is 0.0833. The van der Waals surface area contributed by atoms with Crippen LogP contribution in [0.15, 0.2) is 75.0 Å². The van der Waals surface area contributed by atoms with Crippen molar-refractivity contribution in [2.24, 2.45) is 5.10 Å². The molecule has 0 spiro atoms. The molecular formula is C24H16BrClN4O2. The average Bonchev–Trinajstić information content (AvgIpc) is 2.79. The van der Waals surface area contributed by atoms with Gasteiger partial charge >= 0.3 is 0 Å². The summed E-state index contributed by atoms with van der Waals surface area (Å²) >= 11 is 9.56. The lowest BCUT2D eigenvalue weighted by molar-refractivity contribution is 0.305. The zero-order valence-corrected chi connectivity index (χ0v) is 19.3. The Hall–Kier alpha value is -3.47. The van der Waals surface area contributed by atoms with Crippen LogP contribution in [0.25, 0.3) is 10.9 Å². The predicted octanol–water partition coefficient (Wildman–Crippen LogP) is 5.45. The van der Waals surface area contributed by atoms with Crippen LogP contribution in [0.2, 0.25) is 5.02 Å². The number of nitriles is 1. The molecule has 0 saturated heterocycles. The van der Waals surface area contributed by atoms with Gasteiger partial charge in [0.15, 0.2) is 0 Å². The Labute approximate surface area is 197 Å². The normalized spacial score (nSPS) is 11.1. The molecule has 4 rings (SSSR count). The molecule has 0 radical (unpaired) electrons.